The van der Waals surface area contributed by atoms with Crippen molar-refractivity contribution in [1.29, 1.82) is 0 Å². The number of carbonyl (C=O) groups is 8. The van der Waals surface area contributed by atoms with Crippen LogP contribution >= 0.6 is 23.5 Å². The molecule has 2 rings (SSSR count). The predicted molar refractivity (Wildman–Crippen MR) is 220 cm³/mol. The van der Waals surface area contributed by atoms with Gasteiger partial charge in [-0.05, 0) is 74.5 Å². The van der Waals surface area contributed by atoms with Gasteiger partial charge in [-0.25, -0.2) is 4.79 Å². The highest BCUT2D eigenvalue weighted by Gasteiger charge is 2.39. The molecule has 0 aliphatic carbocycles. The van der Waals surface area contributed by atoms with E-state index in [-0.39, 0.29) is 43.9 Å². The molecule has 1 heterocycles. The molecule has 57 heavy (non-hydrogen) atoms. The van der Waals surface area contributed by atoms with Gasteiger partial charge in [0, 0.05) is 19.4 Å². The van der Waals surface area contributed by atoms with Crippen molar-refractivity contribution < 1.29 is 43.5 Å². The van der Waals surface area contributed by atoms with Crippen molar-refractivity contribution in [3.63, 3.8) is 0 Å². The molecule has 0 unspecified atom stereocenters. The van der Waals surface area contributed by atoms with Crippen molar-refractivity contribution in [2.75, 3.05) is 30.6 Å². The molecule has 1 aromatic carbocycles. The van der Waals surface area contributed by atoms with Crippen LogP contribution in [0.5, 0.6) is 0 Å². The highest BCUT2D eigenvalue weighted by atomic mass is 32.2. The van der Waals surface area contributed by atoms with Gasteiger partial charge >= 0.3 is 5.97 Å². The monoisotopic (exact) mass is 836 g/mol. The number of carboxylic acid groups (broad SMARTS) is 1. The van der Waals surface area contributed by atoms with E-state index < -0.39 is 83.7 Å². The summed E-state index contributed by atoms with van der Waals surface area (Å²) in [4.78, 5) is 106. The summed E-state index contributed by atoms with van der Waals surface area (Å²) >= 11 is 2.79. The first-order valence-corrected chi connectivity index (χ1v) is 21.9. The molecule has 1 aromatic rings. The van der Waals surface area contributed by atoms with Gasteiger partial charge in [-0.2, -0.15) is 23.5 Å². The second-order valence-corrected chi connectivity index (χ2v) is 16.1. The topological polar surface area (TPSA) is 272 Å². The van der Waals surface area contributed by atoms with Crippen LogP contribution in [0.2, 0.25) is 0 Å². The van der Waals surface area contributed by atoms with E-state index in [0.717, 1.165) is 5.56 Å². The highest BCUT2D eigenvalue weighted by molar-refractivity contribution is 7.98. The normalized spacial score (nSPS) is 17.4. The fourth-order valence-electron chi connectivity index (χ4n) is 6.09. The molecule has 1 aliphatic rings. The van der Waals surface area contributed by atoms with Crippen LogP contribution in [0.4, 0.5) is 0 Å². The van der Waals surface area contributed by atoms with Gasteiger partial charge in [0.25, 0.3) is 0 Å². The number of benzene rings is 1. The molecule has 1 saturated heterocycles. The molecule has 1 fully saturated rings. The Morgan fingerprint density at radius 3 is 1.89 bits per heavy atom. The van der Waals surface area contributed by atoms with Crippen molar-refractivity contribution in [2.45, 2.75) is 114 Å². The number of hydrogen-bond acceptors (Lipinski definition) is 11. The first-order valence-electron chi connectivity index (χ1n) is 19.1. The van der Waals surface area contributed by atoms with Gasteiger partial charge in [0.05, 0.1) is 6.04 Å². The first-order chi connectivity index (χ1) is 27.0. The van der Waals surface area contributed by atoms with Crippen LogP contribution in [-0.4, -0.2) is 130 Å². The minimum absolute atomic E-state index is 0.0767. The lowest BCUT2D eigenvalue weighted by Crippen LogP contribution is -2.59. The Kier molecular flexibility index (Phi) is 21.5. The molecule has 7 amide bonds. The molecule has 17 nitrogen and oxygen atoms in total. The number of primary amides is 1. The maximum Gasteiger partial charge on any atom is 0.326 e. The smallest absolute Gasteiger partial charge is 0.326 e. The van der Waals surface area contributed by atoms with Gasteiger partial charge in [0.15, 0.2) is 0 Å². The maximum atomic E-state index is 13.8. The van der Waals surface area contributed by atoms with Crippen LogP contribution in [0, 0.1) is 5.92 Å². The number of thioether (sulfide) groups is 2. The molecule has 8 atom stereocenters. The number of nitrogens with zero attached hydrogens (tertiary/aromatic N) is 1. The lowest BCUT2D eigenvalue weighted by atomic mass is 9.98. The van der Waals surface area contributed by atoms with E-state index in [4.69, 9.17) is 11.5 Å². The molecule has 1 aliphatic heterocycles. The molecule has 0 spiro atoms. The maximum absolute atomic E-state index is 13.8. The van der Waals surface area contributed by atoms with E-state index in [1.165, 1.54) is 35.3 Å². The number of nitrogens with one attached hydrogen (secondary N) is 5. The summed E-state index contributed by atoms with van der Waals surface area (Å²) in [5.74, 6) is -5.09. The fraction of sp³-hybridized carbons (Fsp3) is 0.632. The van der Waals surface area contributed by atoms with Gasteiger partial charge in [0.2, 0.25) is 41.4 Å². The Bertz CT molecular complexity index is 1540. The molecule has 318 valence electrons. The summed E-state index contributed by atoms with van der Waals surface area (Å²) in [6, 6.07) is 1.26. The number of nitrogens with two attached hydrogens (primary N) is 2. The third kappa shape index (κ3) is 16.2. The first kappa shape index (κ1) is 48.8. The Labute approximate surface area is 343 Å². The molecular formula is C38H60N8O9S2. The largest absolute Gasteiger partial charge is 0.480 e. The van der Waals surface area contributed by atoms with Crippen LogP contribution in [0.1, 0.15) is 71.3 Å². The van der Waals surface area contributed by atoms with E-state index in [9.17, 15) is 43.5 Å². The molecule has 10 N–H and O–H groups in total. The minimum atomic E-state index is -1.34. The molecule has 0 radical (unpaired) electrons. The summed E-state index contributed by atoms with van der Waals surface area (Å²) in [5, 5.41) is 22.6. The number of aliphatic carboxylic acids is 1. The number of likely N-dealkylation sites (tertiary alicyclic amines) is 1. The molecular weight excluding hydrogens is 777 g/mol. The Hall–Kier alpha value is -4.36. The van der Waals surface area contributed by atoms with Crippen LogP contribution in [0.3, 0.4) is 0 Å². The Balaban J connectivity index is 2.23. The van der Waals surface area contributed by atoms with Crippen molar-refractivity contribution in [3.05, 3.63) is 35.9 Å². The SMILES string of the molecule is CC[C@H](C)[C@H](N)C(=O)N1CCC[C@H]1C(=O)N[C@@H](Cc1ccccc1)C(=O)N[C@@H](C)C(=O)N[C@@H](CCSC)C(=O)N[C@@H](CCC(N)=O)C(=O)N[C@@H](CCSC)C(=O)O. The summed E-state index contributed by atoms with van der Waals surface area (Å²) in [5.41, 5.74) is 12.3. The standard InChI is InChI=1S/C38H60N8O9S2/c1-6-22(2)31(40)37(53)46-18-10-13-29(46)36(52)45-28(21-24-11-8-7-9-12-24)35(51)41-23(3)32(48)42-26(16-19-56-4)34(50)43-25(14-15-30(39)47)33(49)44-27(38(54)55)17-20-57-5/h7-9,11-12,22-23,25-29,31H,6,10,13-21,40H2,1-5H3,(H2,39,47)(H,41,51)(H,42,48)(H,43,50)(H,44,49)(H,45,52)(H,54,55)/t22-,23-,25-,26-,27-,28-,29-,31-/m0/s1. The summed E-state index contributed by atoms with van der Waals surface area (Å²) in [7, 11) is 0. The summed E-state index contributed by atoms with van der Waals surface area (Å²) in [6.07, 6.45) is 5.07. The van der Waals surface area contributed by atoms with E-state index in [1.807, 2.05) is 19.9 Å². The number of rotatable bonds is 25. The number of carbonyl (C=O) groups excluding carboxylic acids is 7. The number of carboxylic acids is 1. The molecule has 0 saturated carbocycles. The Morgan fingerprint density at radius 2 is 1.33 bits per heavy atom. The average Bonchev–Trinajstić information content (AvgIpc) is 3.68. The van der Waals surface area contributed by atoms with Crippen molar-refractivity contribution >= 4 is 70.8 Å². The average molecular weight is 837 g/mol. The molecule has 0 bridgehead atoms. The third-order valence-electron chi connectivity index (χ3n) is 9.83. The van der Waals surface area contributed by atoms with E-state index in [0.29, 0.717) is 37.3 Å². The van der Waals surface area contributed by atoms with Crippen LogP contribution < -0.4 is 38.1 Å². The van der Waals surface area contributed by atoms with Gasteiger partial charge in [-0.15, -0.1) is 0 Å². The lowest BCUT2D eigenvalue weighted by molar-refractivity contribution is -0.142. The number of hydrogen-bond donors (Lipinski definition) is 8. The summed E-state index contributed by atoms with van der Waals surface area (Å²) < 4.78 is 0. The zero-order valence-corrected chi connectivity index (χ0v) is 35.0. The Morgan fingerprint density at radius 1 is 0.789 bits per heavy atom. The van der Waals surface area contributed by atoms with Crippen LogP contribution in [-0.2, 0) is 44.8 Å². The third-order valence-corrected chi connectivity index (χ3v) is 11.1. The van der Waals surface area contributed by atoms with Gasteiger partial charge in [-0.3, -0.25) is 33.6 Å². The van der Waals surface area contributed by atoms with E-state index >= 15 is 0 Å². The van der Waals surface area contributed by atoms with Crippen LogP contribution in [0.25, 0.3) is 0 Å². The second kappa shape index (κ2) is 25.1. The zero-order valence-electron chi connectivity index (χ0n) is 33.4. The van der Waals surface area contributed by atoms with E-state index in [1.54, 1.807) is 36.8 Å². The lowest BCUT2D eigenvalue weighted by Gasteiger charge is -2.30. The van der Waals surface area contributed by atoms with Crippen molar-refractivity contribution in [3.8, 4) is 0 Å². The fourth-order valence-corrected chi connectivity index (χ4v) is 7.04. The quantitative estimate of drug-likeness (QED) is 0.0642. The zero-order chi connectivity index (χ0) is 42.7. The van der Waals surface area contributed by atoms with Crippen molar-refractivity contribution in [1.82, 2.24) is 31.5 Å². The van der Waals surface area contributed by atoms with Gasteiger partial charge in [0.1, 0.15) is 36.3 Å². The molecule has 0 aromatic heterocycles. The van der Waals surface area contributed by atoms with Gasteiger partial charge < -0.3 is 48.1 Å². The van der Waals surface area contributed by atoms with Gasteiger partial charge in [-0.1, -0.05) is 50.6 Å². The minimum Gasteiger partial charge on any atom is -0.480 e. The number of amides is 7. The molecule has 19 heteroatoms. The second-order valence-electron chi connectivity index (χ2n) is 14.2. The van der Waals surface area contributed by atoms with Crippen molar-refractivity contribution in [2.24, 2.45) is 17.4 Å². The predicted octanol–water partition coefficient (Wildman–Crippen LogP) is -0.106. The summed E-state index contributed by atoms with van der Waals surface area (Å²) in [6.45, 7) is 5.57. The van der Waals surface area contributed by atoms with E-state index in [2.05, 4.69) is 26.6 Å². The van der Waals surface area contributed by atoms with Crippen LogP contribution in [0.15, 0.2) is 30.3 Å². The highest BCUT2D eigenvalue weighted by Crippen LogP contribution is 2.21.